The van der Waals surface area contributed by atoms with E-state index in [1.165, 1.54) is 0 Å². The number of nitrogens with one attached hydrogen (secondary N) is 1. The molecule has 7 heteroatoms. The first kappa shape index (κ1) is 22.1. The van der Waals surface area contributed by atoms with E-state index in [0.29, 0.717) is 11.6 Å². The molecule has 31 heavy (non-hydrogen) atoms. The summed E-state index contributed by atoms with van der Waals surface area (Å²) in [5, 5.41) is 7.77. The van der Waals surface area contributed by atoms with Crippen molar-refractivity contribution in [2.24, 2.45) is 0 Å². The van der Waals surface area contributed by atoms with Gasteiger partial charge in [-0.3, -0.25) is 9.59 Å². The molecule has 0 aliphatic heterocycles. The molecule has 0 saturated heterocycles. The number of amides is 2. The molecule has 2 aromatic heterocycles. The molecule has 0 radical (unpaired) electrons. The lowest BCUT2D eigenvalue weighted by molar-refractivity contribution is -0.141. The maximum absolute atomic E-state index is 13.5. The van der Waals surface area contributed by atoms with Gasteiger partial charge in [-0.1, -0.05) is 48.7 Å². The predicted molar refractivity (Wildman–Crippen MR) is 127 cm³/mol. The van der Waals surface area contributed by atoms with Gasteiger partial charge in [0.05, 0.1) is 13.0 Å². The summed E-state index contributed by atoms with van der Waals surface area (Å²) in [4.78, 5) is 30.8. The lowest BCUT2D eigenvalue weighted by Gasteiger charge is -2.32. The molecule has 1 aliphatic rings. The van der Waals surface area contributed by atoms with Gasteiger partial charge in [-0.25, -0.2) is 0 Å². The third-order valence-corrected chi connectivity index (χ3v) is 7.57. The van der Waals surface area contributed by atoms with Crippen LogP contribution in [0.2, 0.25) is 5.02 Å². The standard InChI is InChI=1S/C24H25ClN2O2S2/c25-18-11-9-17(10-12-18)23(24(29)26-19-5-1-2-6-19)27(16-21-8-4-14-31-21)22(28)15-20-7-3-13-30-20/h3-4,7-14,19,23H,1-2,5-6,15-16H2,(H,26,29). The summed E-state index contributed by atoms with van der Waals surface area (Å²) < 4.78 is 0. The van der Waals surface area contributed by atoms with Gasteiger partial charge in [0, 0.05) is 20.8 Å². The molecule has 2 amide bonds. The molecule has 1 saturated carbocycles. The number of hydrogen-bond acceptors (Lipinski definition) is 4. The number of rotatable bonds is 8. The number of hydrogen-bond donors (Lipinski definition) is 1. The Morgan fingerprint density at radius 3 is 2.26 bits per heavy atom. The van der Waals surface area contributed by atoms with Gasteiger partial charge in [0.1, 0.15) is 6.04 Å². The van der Waals surface area contributed by atoms with Gasteiger partial charge in [0.25, 0.3) is 0 Å². The zero-order chi connectivity index (χ0) is 21.6. The second kappa shape index (κ2) is 10.4. The largest absolute Gasteiger partial charge is 0.351 e. The highest BCUT2D eigenvalue weighted by Gasteiger charge is 2.33. The number of halogens is 1. The van der Waals surface area contributed by atoms with Crippen LogP contribution < -0.4 is 5.32 Å². The molecular weight excluding hydrogens is 448 g/mol. The minimum absolute atomic E-state index is 0.0580. The zero-order valence-corrected chi connectivity index (χ0v) is 19.5. The van der Waals surface area contributed by atoms with E-state index in [9.17, 15) is 9.59 Å². The zero-order valence-electron chi connectivity index (χ0n) is 17.1. The lowest BCUT2D eigenvalue weighted by atomic mass is 10.0. The van der Waals surface area contributed by atoms with Crippen LogP contribution in [0.5, 0.6) is 0 Å². The molecule has 1 aliphatic carbocycles. The summed E-state index contributed by atoms with van der Waals surface area (Å²) in [6, 6.07) is 14.6. The van der Waals surface area contributed by atoms with E-state index < -0.39 is 6.04 Å². The van der Waals surface area contributed by atoms with Crippen molar-refractivity contribution in [2.75, 3.05) is 0 Å². The molecule has 0 spiro atoms. The monoisotopic (exact) mass is 472 g/mol. The first-order chi connectivity index (χ1) is 15.1. The number of carbonyl (C=O) groups is 2. The number of thiophene rings is 2. The van der Waals surface area contributed by atoms with Crippen molar-refractivity contribution in [1.29, 1.82) is 0 Å². The van der Waals surface area contributed by atoms with Crippen molar-refractivity contribution in [2.45, 2.75) is 50.7 Å². The minimum atomic E-state index is -0.701. The number of nitrogens with zero attached hydrogens (tertiary/aromatic N) is 1. The fraction of sp³-hybridized carbons (Fsp3) is 0.333. The highest BCUT2D eigenvalue weighted by Crippen LogP contribution is 2.29. The van der Waals surface area contributed by atoms with Crippen molar-refractivity contribution in [3.05, 3.63) is 79.6 Å². The van der Waals surface area contributed by atoms with E-state index in [0.717, 1.165) is 41.0 Å². The summed E-state index contributed by atoms with van der Waals surface area (Å²) >= 11 is 9.26. The van der Waals surface area contributed by atoms with Gasteiger partial charge in [0.2, 0.25) is 11.8 Å². The van der Waals surface area contributed by atoms with E-state index in [-0.39, 0.29) is 24.3 Å². The molecule has 1 unspecified atom stereocenters. The van der Waals surface area contributed by atoms with Crippen LogP contribution >= 0.6 is 34.3 Å². The van der Waals surface area contributed by atoms with Crippen LogP contribution in [0.4, 0.5) is 0 Å². The van der Waals surface area contributed by atoms with Crippen LogP contribution in [0.15, 0.2) is 59.3 Å². The first-order valence-electron chi connectivity index (χ1n) is 10.5. The van der Waals surface area contributed by atoms with Crippen LogP contribution in [0, 0.1) is 0 Å². The molecule has 3 aromatic rings. The maximum atomic E-state index is 13.5. The normalized spacial score (nSPS) is 15.0. The molecule has 4 rings (SSSR count). The molecule has 0 bridgehead atoms. The maximum Gasteiger partial charge on any atom is 0.247 e. The van der Waals surface area contributed by atoms with E-state index in [2.05, 4.69) is 5.32 Å². The average molecular weight is 473 g/mol. The smallest absolute Gasteiger partial charge is 0.247 e. The Morgan fingerprint density at radius 2 is 1.65 bits per heavy atom. The molecule has 162 valence electrons. The summed E-state index contributed by atoms with van der Waals surface area (Å²) in [6.07, 6.45) is 4.53. The van der Waals surface area contributed by atoms with Crippen molar-refractivity contribution in [1.82, 2.24) is 10.2 Å². The predicted octanol–water partition coefficient (Wildman–Crippen LogP) is 5.83. The SMILES string of the molecule is O=C(NC1CCCC1)C(c1ccc(Cl)cc1)N(Cc1cccs1)C(=O)Cc1cccs1. The van der Waals surface area contributed by atoms with Crippen LogP contribution in [0.1, 0.15) is 47.0 Å². The van der Waals surface area contributed by atoms with Crippen molar-refractivity contribution in [3.8, 4) is 0 Å². The molecule has 4 nitrogen and oxygen atoms in total. The molecule has 2 heterocycles. The van der Waals surface area contributed by atoms with Gasteiger partial charge in [-0.15, -0.1) is 22.7 Å². The van der Waals surface area contributed by atoms with Crippen LogP contribution in [0.25, 0.3) is 0 Å². The van der Waals surface area contributed by atoms with Gasteiger partial charge < -0.3 is 10.2 Å². The number of benzene rings is 1. The minimum Gasteiger partial charge on any atom is -0.351 e. The molecule has 1 N–H and O–H groups in total. The van der Waals surface area contributed by atoms with Crippen molar-refractivity contribution < 1.29 is 9.59 Å². The van der Waals surface area contributed by atoms with Crippen LogP contribution in [-0.2, 0) is 22.6 Å². The fourth-order valence-electron chi connectivity index (χ4n) is 4.03. The van der Waals surface area contributed by atoms with E-state index in [1.807, 2.05) is 47.2 Å². The molecule has 1 atom stereocenters. The Labute approximate surface area is 195 Å². The topological polar surface area (TPSA) is 49.4 Å². The molecule has 1 fully saturated rings. The first-order valence-corrected chi connectivity index (χ1v) is 12.6. The summed E-state index contributed by atoms with van der Waals surface area (Å²) in [7, 11) is 0. The van der Waals surface area contributed by atoms with Crippen LogP contribution in [0.3, 0.4) is 0 Å². The van der Waals surface area contributed by atoms with Crippen molar-refractivity contribution in [3.63, 3.8) is 0 Å². The van der Waals surface area contributed by atoms with Crippen LogP contribution in [-0.4, -0.2) is 22.8 Å². The van der Waals surface area contributed by atoms with Gasteiger partial charge >= 0.3 is 0 Å². The number of carbonyl (C=O) groups excluding carboxylic acids is 2. The Balaban J connectivity index is 1.67. The van der Waals surface area contributed by atoms with Gasteiger partial charge in [-0.05, 0) is 53.4 Å². The Bertz CT molecular complexity index is 981. The van der Waals surface area contributed by atoms with Gasteiger partial charge in [0.15, 0.2) is 0 Å². The Morgan fingerprint density at radius 1 is 1.00 bits per heavy atom. The summed E-state index contributed by atoms with van der Waals surface area (Å²) in [5.41, 5.74) is 0.774. The van der Waals surface area contributed by atoms with E-state index in [1.54, 1.807) is 39.7 Å². The average Bonchev–Trinajstić information content (AvgIpc) is 3.53. The highest BCUT2D eigenvalue weighted by molar-refractivity contribution is 7.10. The summed E-state index contributed by atoms with van der Waals surface area (Å²) in [6.45, 7) is 0.396. The second-order valence-electron chi connectivity index (χ2n) is 7.80. The molecular formula is C24H25ClN2O2S2. The highest BCUT2D eigenvalue weighted by atomic mass is 35.5. The van der Waals surface area contributed by atoms with E-state index in [4.69, 9.17) is 11.6 Å². The summed E-state index contributed by atoms with van der Waals surface area (Å²) in [5.74, 6) is -0.178. The third-order valence-electron chi connectivity index (χ3n) is 5.58. The Hall–Kier alpha value is -2.15. The van der Waals surface area contributed by atoms with Crippen molar-refractivity contribution >= 4 is 46.1 Å². The quantitative estimate of drug-likeness (QED) is 0.448. The van der Waals surface area contributed by atoms with E-state index >= 15 is 0 Å². The Kier molecular flexibility index (Phi) is 7.43. The van der Waals surface area contributed by atoms with Gasteiger partial charge in [-0.2, -0.15) is 0 Å². The fourth-order valence-corrected chi connectivity index (χ4v) is 5.55. The second-order valence-corrected chi connectivity index (χ2v) is 10.3. The lowest BCUT2D eigenvalue weighted by Crippen LogP contribution is -2.46. The third kappa shape index (κ3) is 5.76. The molecule has 1 aromatic carbocycles.